The van der Waals surface area contributed by atoms with Crippen LogP contribution in [0.15, 0.2) is 22.7 Å². The molecule has 1 N–H and O–H groups in total. The second-order valence-corrected chi connectivity index (χ2v) is 4.64. The molecule has 0 heterocycles. The van der Waals surface area contributed by atoms with E-state index in [1.165, 1.54) is 31.4 Å². The van der Waals surface area contributed by atoms with Gasteiger partial charge in [-0.15, -0.1) is 0 Å². The summed E-state index contributed by atoms with van der Waals surface area (Å²) < 4.78 is 13.5. The molecule has 0 radical (unpaired) electrons. The van der Waals surface area contributed by atoms with Crippen LogP contribution in [0.2, 0.25) is 0 Å². The molecule has 0 unspecified atom stereocenters. The lowest BCUT2D eigenvalue weighted by Gasteiger charge is -2.07. The van der Waals surface area contributed by atoms with Gasteiger partial charge in [0.2, 0.25) is 0 Å². The van der Waals surface area contributed by atoms with Crippen LogP contribution < -0.4 is 5.32 Å². The molecule has 0 saturated heterocycles. The van der Waals surface area contributed by atoms with Crippen LogP contribution in [0.4, 0.5) is 10.1 Å². The fraction of sp³-hybridized carbons (Fsp3) is 0.455. The Balaban J connectivity index is 1.87. The van der Waals surface area contributed by atoms with Gasteiger partial charge in [0.1, 0.15) is 5.82 Å². The third-order valence-corrected chi connectivity index (χ3v) is 3.15. The Morgan fingerprint density at radius 3 is 2.86 bits per heavy atom. The Morgan fingerprint density at radius 1 is 1.43 bits per heavy atom. The van der Waals surface area contributed by atoms with E-state index >= 15 is 0 Å². The molecule has 1 fully saturated rings. The second kappa shape index (κ2) is 4.30. The summed E-state index contributed by atoms with van der Waals surface area (Å²) in [6, 6.07) is 4.73. The molecule has 0 spiro atoms. The molecule has 0 aliphatic heterocycles. The number of halogens is 2. The molecule has 1 aliphatic carbocycles. The summed E-state index contributed by atoms with van der Waals surface area (Å²) in [5.41, 5.74) is 0.979. The quantitative estimate of drug-likeness (QED) is 0.866. The van der Waals surface area contributed by atoms with Gasteiger partial charge in [0, 0.05) is 16.7 Å². The Morgan fingerprint density at radius 2 is 2.21 bits per heavy atom. The molecule has 1 aliphatic rings. The molecule has 0 aromatic heterocycles. The Bertz CT molecular complexity index is 323. The minimum absolute atomic E-state index is 0.204. The lowest BCUT2D eigenvalue weighted by atomic mass is 10.2. The maximum Gasteiger partial charge on any atom is 0.124 e. The van der Waals surface area contributed by atoms with Crippen molar-refractivity contribution in [3.8, 4) is 0 Å². The number of hydrogen-bond acceptors (Lipinski definition) is 1. The maximum absolute atomic E-state index is 12.8. The molecular weight excluding hydrogens is 245 g/mol. The highest BCUT2D eigenvalue weighted by Gasteiger charge is 2.20. The molecule has 1 nitrogen and oxygen atoms in total. The van der Waals surface area contributed by atoms with Crippen molar-refractivity contribution >= 4 is 21.6 Å². The topological polar surface area (TPSA) is 12.0 Å². The van der Waals surface area contributed by atoms with Crippen molar-refractivity contribution in [1.82, 2.24) is 0 Å². The van der Waals surface area contributed by atoms with E-state index in [0.29, 0.717) is 0 Å². The van der Waals surface area contributed by atoms with Gasteiger partial charge in [-0.2, -0.15) is 0 Å². The van der Waals surface area contributed by atoms with Crippen LogP contribution in [0.3, 0.4) is 0 Å². The van der Waals surface area contributed by atoms with Crippen LogP contribution in [0.25, 0.3) is 0 Å². The van der Waals surface area contributed by atoms with E-state index in [0.717, 1.165) is 22.6 Å². The van der Waals surface area contributed by atoms with E-state index in [1.807, 2.05) is 0 Å². The number of nitrogens with one attached hydrogen (secondary N) is 1. The molecule has 0 bridgehead atoms. The Hall–Kier alpha value is -0.570. The minimum Gasteiger partial charge on any atom is -0.384 e. The van der Waals surface area contributed by atoms with Gasteiger partial charge < -0.3 is 5.32 Å². The largest absolute Gasteiger partial charge is 0.384 e. The van der Waals surface area contributed by atoms with Crippen LogP contribution in [0.5, 0.6) is 0 Å². The van der Waals surface area contributed by atoms with E-state index in [2.05, 4.69) is 21.2 Å². The van der Waals surface area contributed by atoms with Gasteiger partial charge in [-0.1, -0.05) is 12.8 Å². The van der Waals surface area contributed by atoms with E-state index in [9.17, 15) is 4.39 Å². The molecule has 0 atom stereocenters. The monoisotopic (exact) mass is 257 g/mol. The van der Waals surface area contributed by atoms with Gasteiger partial charge in [-0.05, 0) is 46.5 Å². The summed E-state index contributed by atoms with van der Waals surface area (Å²) in [5.74, 6) is 0.728. The summed E-state index contributed by atoms with van der Waals surface area (Å²) in [6.07, 6.45) is 3.99. The highest BCUT2D eigenvalue weighted by atomic mass is 79.9. The van der Waals surface area contributed by atoms with Gasteiger partial charge in [-0.25, -0.2) is 4.39 Å². The van der Waals surface area contributed by atoms with Gasteiger partial charge >= 0.3 is 0 Å². The molecule has 14 heavy (non-hydrogen) atoms. The molecule has 2 rings (SSSR count). The Labute approximate surface area is 91.8 Å². The van der Waals surface area contributed by atoms with Crippen molar-refractivity contribution < 1.29 is 4.39 Å². The lowest BCUT2D eigenvalue weighted by Crippen LogP contribution is -2.02. The normalized spacial score (nSPS) is 15.6. The standard InChI is InChI=1S/C11H13BrFN/c12-10-7-9(13)3-4-11(10)14-6-5-8-1-2-8/h3-4,7-8,14H,1-2,5-6H2. The highest BCUT2D eigenvalue weighted by molar-refractivity contribution is 9.10. The zero-order chi connectivity index (χ0) is 9.97. The van der Waals surface area contributed by atoms with E-state index in [-0.39, 0.29) is 5.82 Å². The van der Waals surface area contributed by atoms with Crippen molar-refractivity contribution in [1.29, 1.82) is 0 Å². The summed E-state index contributed by atoms with van der Waals surface area (Å²) in [7, 11) is 0. The average Bonchev–Trinajstić information content (AvgIpc) is 2.92. The first-order valence-corrected chi connectivity index (χ1v) is 5.74. The van der Waals surface area contributed by atoms with E-state index < -0.39 is 0 Å². The number of rotatable bonds is 4. The predicted octanol–water partition coefficient (Wildman–Crippen LogP) is 3.80. The van der Waals surface area contributed by atoms with Crippen LogP contribution in [0, 0.1) is 11.7 Å². The van der Waals surface area contributed by atoms with Crippen LogP contribution >= 0.6 is 15.9 Å². The first-order chi connectivity index (χ1) is 6.75. The average molecular weight is 258 g/mol. The molecular formula is C11H13BrFN. The minimum atomic E-state index is -0.204. The third kappa shape index (κ3) is 2.71. The molecule has 1 aromatic carbocycles. The third-order valence-electron chi connectivity index (χ3n) is 2.50. The van der Waals surface area contributed by atoms with Gasteiger partial charge in [0.25, 0.3) is 0 Å². The van der Waals surface area contributed by atoms with E-state index in [1.54, 1.807) is 6.07 Å². The van der Waals surface area contributed by atoms with Crippen molar-refractivity contribution in [2.75, 3.05) is 11.9 Å². The van der Waals surface area contributed by atoms with Crippen molar-refractivity contribution in [2.24, 2.45) is 5.92 Å². The smallest absolute Gasteiger partial charge is 0.124 e. The van der Waals surface area contributed by atoms with Crippen molar-refractivity contribution in [3.63, 3.8) is 0 Å². The molecule has 76 valence electrons. The Kier molecular flexibility index (Phi) is 3.06. The fourth-order valence-electron chi connectivity index (χ4n) is 1.45. The maximum atomic E-state index is 12.8. The van der Waals surface area contributed by atoms with Crippen LogP contribution in [0.1, 0.15) is 19.3 Å². The zero-order valence-electron chi connectivity index (χ0n) is 7.89. The summed E-state index contributed by atoms with van der Waals surface area (Å²) in [4.78, 5) is 0. The van der Waals surface area contributed by atoms with Crippen LogP contribution in [-0.2, 0) is 0 Å². The van der Waals surface area contributed by atoms with Crippen molar-refractivity contribution in [3.05, 3.63) is 28.5 Å². The summed E-state index contributed by atoms with van der Waals surface area (Å²) >= 11 is 3.33. The molecule has 0 amide bonds. The number of anilines is 1. The zero-order valence-corrected chi connectivity index (χ0v) is 9.48. The highest BCUT2D eigenvalue weighted by Crippen LogP contribution is 2.32. The van der Waals surface area contributed by atoms with Crippen molar-refractivity contribution in [2.45, 2.75) is 19.3 Å². The number of benzene rings is 1. The molecule has 3 heteroatoms. The second-order valence-electron chi connectivity index (χ2n) is 3.78. The molecule has 1 saturated carbocycles. The van der Waals surface area contributed by atoms with Crippen LogP contribution in [-0.4, -0.2) is 6.54 Å². The first-order valence-electron chi connectivity index (χ1n) is 4.94. The van der Waals surface area contributed by atoms with Gasteiger partial charge in [-0.3, -0.25) is 0 Å². The lowest BCUT2D eigenvalue weighted by molar-refractivity contribution is 0.627. The van der Waals surface area contributed by atoms with E-state index in [4.69, 9.17) is 0 Å². The predicted molar refractivity (Wildman–Crippen MR) is 59.9 cm³/mol. The van der Waals surface area contributed by atoms with Gasteiger partial charge in [0.15, 0.2) is 0 Å². The summed E-state index contributed by atoms with van der Waals surface area (Å²) in [6.45, 7) is 0.981. The summed E-state index contributed by atoms with van der Waals surface area (Å²) in [5, 5.41) is 3.30. The fourth-order valence-corrected chi connectivity index (χ4v) is 1.94. The SMILES string of the molecule is Fc1ccc(NCCC2CC2)c(Br)c1. The van der Waals surface area contributed by atoms with Gasteiger partial charge in [0.05, 0.1) is 0 Å². The number of hydrogen-bond donors (Lipinski definition) is 1. The first kappa shape index (κ1) is 9.97. The molecule has 1 aromatic rings.